The molecule has 136 valence electrons. The normalized spacial score (nSPS) is 11.0. The first kappa shape index (κ1) is 19.5. The van der Waals surface area contributed by atoms with E-state index in [1.165, 1.54) is 17.3 Å². The van der Waals surface area contributed by atoms with Gasteiger partial charge in [-0.1, -0.05) is 62.9 Å². The molecule has 5 nitrogen and oxygen atoms in total. The molecule has 2 aromatic rings. The van der Waals surface area contributed by atoms with E-state index in [2.05, 4.69) is 65.1 Å². The van der Waals surface area contributed by atoms with E-state index in [1.54, 1.807) is 0 Å². The van der Waals surface area contributed by atoms with E-state index in [4.69, 9.17) is 0 Å². The zero-order valence-corrected chi connectivity index (χ0v) is 16.2. The topological polar surface area (TPSA) is 59.8 Å². The van der Waals surface area contributed by atoms with Crippen LogP contribution in [0.1, 0.15) is 38.6 Å². The molecule has 2 rings (SSSR count). The number of carbonyl (C=O) groups excluding carboxylic acids is 1. The third-order valence-electron chi connectivity index (χ3n) is 3.76. The fraction of sp³-hybridized carbons (Fsp3) is 0.526. The van der Waals surface area contributed by atoms with Gasteiger partial charge in [0.25, 0.3) is 0 Å². The zero-order valence-electron chi connectivity index (χ0n) is 15.4. The van der Waals surface area contributed by atoms with Crippen molar-refractivity contribution in [3.8, 4) is 0 Å². The summed E-state index contributed by atoms with van der Waals surface area (Å²) in [5.41, 5.74) is 1.30. The molecule has 0 atom stereocenters. The molecular formula is C19H28N4OS. The lowest BCUT2D eigenvalue weighted by Crippen LogP contribution is -2.28. The summed E-state index contributed by atoms with van der Waals surface area (Å²) in [6.07, 6.45) is 2.82. The number of carbonyl (C=O) groups is 1. The molecule has 25 heavy (non-hydrogen) atoms. The molecule has 0 aliphatic rings. The Bertz CT molecular complexity index is 655. The fourth-order valence-electron chi connectivity index (χ4n) is 2.46. The van der Waals surface area contributed by atoms with Crippen LogP contribution in [-0.2, 0) is 24.2 Å². The quantitative estimate of drug-likeness (QED) is 0.660. The second-order valence-corrected chi connectivity index (χ2v) is 7.47. The second kappa shape index (κ2) is 10.2. The molecule has 1 heterocycles. The Kier molecular flexibility index (Phi) is 7.98. The summed E-state index contributed by atoms with van der Waals surface area (Å²) in [6.45, 7) is 7.91. The first-order valence-electron chi connectivity index (χ1n) is 8.95. The molecule has 0 saturated carbocycles. The SMILES string of the molecule is CCCn1c(CCc2ccccc2)nnc1SCC(=O)NCC(C)C. The first-order chi connectivity index (χ1) is 12.1. The molecular weight excluding hydrogens is 332 g/mol. The van der Waals surface area contributed by atoms with Gasteiger partial charge >= 0.3 is 0 Å². The number of hydrogen-bond donors (Lipinski definition) is 1. The number of amides is 1. The number of nitrogens with zero attached hydrogens (tertiary/aromatic N) is 3. The summed E-state index contributed by atoms with van der Waals surface area (Å²) in [4.78, 5) is 11.9. The van der Waals surface area contributed by atoms with Crippen molar-refractivity contribution in [2.45, 2.75) is 51.7 Å². The van der Waals surface area contributed by atoms with Gasteiger partial charge in [-0.2, -0.15) is 0 Å². The minimum atomic E-state index is 0.0515. The lowest BCUT2D eigenvalue weighted by atomic mass is 10.1. The number of aromatic nitrogens is 3. The highest BCUT2D eigenvalue weighted by molar-refractivity contribution is 7.99. The molecule has 0 aliphatic carbocycles. The summed E-state index contributed by atoms with van der Waals surface area (Å²) >= 11 is 1.47. The lowest BCUT2D eigenvalue weighted by Gasteiger charge is -2.10. The van der Waals surface area contributed by atoms with Crippen molar-refractivity contribution < 1.29 is 4.79 Å². The van der Waals surface area contributed by atoms with Crippen LogP contribution in [-0.4, -0.2) is 33.0 Å². The maximum Gasteiger partial charge on any atom is 0.230 e. The van der Waals surface area contributed by atoms with Gasteiger partial charge in [-0.05, 0) is 24.3 Å². The molecule has 0 saturated heterocycles. The molecule has 1 aromatic carbocycles. The fourth-order valence-corrected chi connectivity index (χ4v) is 3.27. The van der Waals surface area contributed by atoms with Gasteiger partial charge < -0.3 is 9.88 Å². The van der Waals surface area contributed by atoms with Crippen molar-refractivity contribution in [3.63, 3.8) is 0 Å². The highest BCUT2D eigenvalue weighted by Gasteiger charge is 2.14. The maximum absolute atomic E-state index is 11.9. The molecule has 1 amide bonds. The smallest absolute Gasteiger partial charge is 0.230 e. The standard InChI is InChI=1S/C19H28N4OS/c1-4-12-23-17(11-10-16-8-6-5-7-9-16)21-22-19(23)25-14-18(24)20-13-15(2)3/h5-9,15H,4,10-14H2,1-3H3,(H,20,24). The van der Waals surface area contributed by atoms with Crippen LogP contribution in [0, 0.1) is 5.92 Å². The van der Waals surface area contributed by atoms with Gasteiger partial charge in [0, 0.05) is 19.5 Å². The van der Waals surface area contributed by atoms with Crippen LogP contribution < -0.4 is 5.32 Å². The van der Waals surface area contributed by atoms with Gasteiger partial charge in [-0.3, -0.25) is 4.79 Å². The Morgan fingerprint density at radius 2 is 1.96 bits per heavy atom. The Morgan fingerprint density at radius 3 is 2.64 bits per heavy atom. The molecule has 0 fully saturated rings. The van der Waals surface area contributed by atoms with Crippen molar-refractivity contribution in [2.24, 2.45) is 5.92 Å². The van der Waals surface area contributed by atoms with Crippen LogP contribution in [0.15, 0.2) is 35.5 Å². The van der Waals surface area contributed by atoms with Gasteiger partial charge in [-0.15, -0.1) is 10.2 Å². The number of benzene rings is 1. The Morgan fingerprint density at radius 1 is 1.20 bits per heavy atom. The minimum absolute atomic E-state index is 0.0515. The highest BCUT2D eigenvalue weighted by atomic mass is 32.2. The lowest BCUT2D eigenvalue weighted by molar-refractivity contribution is -0.118. The van der Waals surface area contributed by atoms with Crippen molar-refractivity contribution in [1.82, 2.24) is 20.1 Å². The maximum atomic E-state index is 11.9. The monoisotopic (exact) mass is 360 g/mol. The van der Waals surface area contributed by atoms with Crippen LogP contribution in [0.2, 0.25) is 0 Å². The van der Waals surface area contributed by atoms with Crippen LogP contribution in [0.25, 0.3) is 0 Å². The average molecular weight is 361 g/mol. The van der Waals surface area contributed by atoms with Crippen LogP contribution in [0.3, 0.4) is 0 Å². The average Bonchev–Trinajstić information content (AvgIpc) is 2.99. The molecule has 6 heteroatoms. The van der Waals surface area contributed by atoms with Crippen molar-refractivity contribution in [1.29, 1.82) is 0 Å². The predicted octanol–water partition coefficient (Wildman–Crippen LogP) is 3.34. The van der Waals surface area contributed by atoms with E-state index in [0.717, 1.165) is 36.8 Å². The van der Waals surface area contributed by atoms with E-state index in [1.807, 2.05) is 6.07 Å². The molecule has 1 N–H and O–H groups in total. The first-order valence-corrected chi connectivity index (χ1v) is 9.94. The largest absolute Gasteiger partial charge is 0.355 e. The van der Waals surface area contributed by atoms with Crippen molar-refractivity contribution >= 4 is 17.7 Å². The number of nitrogens with one attached hydrogen (secondary N) is 1. The van der Waals surface area contributed by atoms with E-state index >= 15 is 0 Å². The van der Waals surface area contributed by atoms with Gasteiger partial charge in [0.15, 0.2) is 5.16 Å². The predicted molar refractivity (Wildman–Crippen MR) is 103 cm³/mol. The number of rotatable bonds is 10. The summed E-state index contributed by atoms with van der Waals surface area (Å²) in [6, 6.07) is 10.4. The Hall–Kier alpha value is -1.82. The Labute approximate surface area is 154 Å². The molecule has 0 spiro atoms. The van der Waals surface area contributed by atoms with Crippen LogP contribution in [0.4, 0.5) is 0 Å². The van der Waals surface area contributed by atoms with Gasteiger partial charge in [0.05, 0.1) is 5.75 Å². The zero-order chi connectivity index (χ0) is 18.1. The third-order valence-corrected chi connectivity index (χ3v) is 4.73. The number of thioether (sulfide) groups is 1. The molecule has 0 radical (unpaired) electrons. The summed E-state index contributed by atoms with van der Waals surface area (Å²) < 4.78 is 2.16. The Balaban J connectivity index is 1.94. The summed E-state index contributed by atoms with van der Waals surface area (Å²) in [5.74, 6) is 1.89. The summed E-state index contributed by atoms with van der Waals surface area (Å²) in [7, 11) is 0. The molecule has 0 aliphatic heterocycles. The molecule has 1 aromatic heterocycles. The third kappa shape index (κ3) is 6.53. The highest BCUT2D eigenvalue weighted by Crippen LogP contribution is 2.18. The van der Waals surface area contributed by atoms with Crippen LogP contribution >= 0.6 is 11.8 Å². The van der Waals surface area contributed by atoms with Gasteiger partial charge in [0.1, 0.15) is 5.82 Å². The number of aryl methyl sites for hydroxylation is 2. The van der Waals surface area contributed by atoms with Crippen molar-refractivity contribution in [2.75, 3.05) is 12.3 Å². The van der Waals surface area contributed by atoms with Crippen LogP contribution in [0.5, 0.6) is 0 Å². The van der Waals surface area contributed by atoms with E-state index in [-0.39, 0.29) is 5.91 Å². The van der Waals surface area contributed by atoms with Gasteiger partial charge in [0.2, 0.25) is 5.91 Å². The van der Waals surface area contributed by atoms with E-state index < -0.39 is 0 Å². The minimum Gasteiger partial charge on any atom is -0.355 e. The van der Waals surface area contributed by atoms with Gasteiger partial charge in [-0.25, -0.2) is 0 Å². The summed E-state index contributed by atoms with van der Waals surface area (Å²) in [5, 5.41) is 12.5. The van der Waals surface area contributed by atoms with E-state index in [0.29, 0.717) is 18.2 Å². The molecule has 0 unspecified atom stereocenters. The van der Waals surface area contributed by atoms with Crippen molar-refractivity contribution in [3.05, 3.63) is 41.7 Å². The second-order valence-electron chi connectivity index (χ2n) is 6.52. The number of hydrogen-bond acceptors (Lipinski definition) is 4. The molecule has 0 bridgehead atoms. The van der Waals surface area contributed by atoms with E-state index in [9.17, 15) is 4.79 Å².